The second-order valence-electron chi connectivity index (χ2n) is 14.0. The van der Waals surface area contributed by atoms with E-state index < -0.39 is 5.60 Å². The number of hydrogen-bond donors (Lipinski definition) is 1. The molecule has 0 aromatic carbocycles. The van der Waals surface area contributed by atoms with E-state index in [1.165, 1.54) is 32.1 Å². The first-order valence-electron chi connectivity index (χ1n) is 12.9. The molecule has 172 valence electrons. The third-order valence-corrected chi connectivity index (χ3v) is 12.1. The van der Waals surface area contributed by atoms with E-state index in [1.54, 1.807) is 13.0 Å². The van der Waals surface area contributed by atoms with E-state index in [9.17, 15) is 9.90 Å². The molecular formula is C29H44O2. The van der Waals surface area contributed by atoms with Gasteiger partial charge in [-0.2, -0.15) is 0 Å². The summed E-state index contributed by atoms with van der Waals surface area (Å²) in [4.78, 5) is 12.6. The molecule has 5 aliphatic carbocycles. The molecule has 5 rings (SSSR count). The highest BCUT2D eigenvalue weighted by Gasteiger charge is 2.69. The molecule has 0 aromatic rings. The van der Waals surface area contributed by atoms with Crippen molar-refractivity contribution in [2.24, 2.45) is 50.7 Å². The number of carbonyl (C=O) groups is 1. The van der Waals surface area contributed by atoms with Crippen LogP contribution in [-0.4, -0.2) is 16.5 Å². The number of hydrogen-bond acceptors (Lipinski definition) is 2. The number of ketones is 1. The van der Waals surface area contributed by atoms with Gasteiger partial charge in [0.2, 0.25) is 0 Å². The molecule has 31 heavy (non-hydrogen) atoms. The molecule has 3 fully saturated rings. The highest BCUT2D eigenvalue weighted by atomic mass is 16.3. The zero-order valence-corrected chi connectivity index (χ0v) is 20.9. The summed E-state index contributed by atoms with van der Waals surface area (Å²) < 4.78 is 0. The highest BCUT2D eigenvalue weighted by Crippen LogP contribution is 2.75. The molecule has 2 heteroatoms. The zero-order valence-electron chi connectivity index (χ0n) is 20.9. The molecule has 0 aromatic heterocycles. The number of carbonyl (C=O) groups excluding carboxylic acids is 1. The molecule has 5 aliphatic rings. The summed E-state index contributed by atoms with van der Waals surface area (Å²) in [6.45, 7) is 16.7. The van der Waals surface area contributed by atoms with Crippen molar-refractivity contribution in [3.05, 3.63) is 24.3 Å². The minimum absolute atomic E-state index is 0.0427. The normalized spacial score (nSPS) is 57.5. The monoisotopic (exact) mass is 424 g/mol. The maximum absolute atomic E-state index is 12.6. The first kappa shape index (κ1) is 21.9. The van der Waals surface area contributed by atoms with Gasteiger partial charge in [-0.3, -0.25) is 4.79 Å². The van der Waals surface area contributed by atoms with Crippen molar-refractivity contribution >= 4 is 5.78 Å². The van der Waals surface area contributed by atoms with Crippen LogP contribution in [0, 0.1) is 50.7 Å². The minimum atomic E-state index is -1.22. The van der Waals surface area contributed by atoms with Crippen molar-refractivity contribution in [1.82, 2.24) is 0 Å². The number of fused-ring (bicyclic) bond motifs is 7. The Morgan fingerprint density at radius 3 is 2.19 bits per heavy atom. The van der Waals surface area contributed by atoms with Crippen LogP contribution in [0.3, 0.4) is 0 Å². The molecule has 0 bridgehead atoms. The molecule has 0 saturated heterocycles. The van der Waals surface area contributed by atoms with Gasteiger partial charge in [-0.25, -0.2) is 0 Å². The van der Waals surface area contributed by atoms with Crippen molar-refractivity contribution < 1.29 is 9.90 Å². The topological polar surface area (TPSA) is 37.3 Å². The smallest absolute Gasteiger partial charge is 0.186 e. The lowest BCUT2D eigenvalue weighted by atomic mass is 9.33. The third-order valence-electron chi connectivity index (χ3n) is 12.1. The van der Waals surface area contributed by atoms with Crippen molar-refractivity contribution in [3.63, 3.8) is 0 Å². The lowest BCUT2D eigenvalue weighted by Crippen LogP contribution is -2.67. The molecule has 0 heterocycles. The van der Waals surface area contributed by atoms with Gasteiger partial charge in [-0.15, -0.1) is 0 Å². The predicted octanol–water partition coefficient (Wildman–Crippen LogP) is 6.73. The predicted molar refractivity (Wildman–Crippen MR) is 126 cm³/mol. The largest absolute Gasteiger partial charge is 0.382 e. The van der Waals surface area contributed by atoms with Crippen molar-refractivity contribution in [2.45, 2.75) is 99.0 Å². The van der Waals surface area contributed by atoms with Crippen molar-refractivity contribution in [3.8, 4) is 0 Å². The first-order valence-corrected chi connectivity index (χ1v) is 12.9. The molecule has 0 spiro atoms. The summed E-state index contributed by atoms with van der Waals surface area (Å²) in [5, 5.41) is 11.2. The van der Waals surface area contributed by atoms with Crippen LogP contribution in [0.25, 0.3) is 0 Å². The van der Waals surface area contributed by atoms with E-state index in [1.807, 2.05) is 0 Å². The molecular weight excluding hydrogens is 380 g/mol. The summed E-state index contributed by atoms with van der Waals surface area (Å²) in [6, 6.07) is 0. The van der Waals surface area contributed by atoms with Crippen LogP contribution in [0.2, 0.25) is 0 Å². The van der Waals surface area contributed by atoms with Gasteiger partial charge in [0.25, 0.3) is 0 Å². The maximum atomic E-state index is 12.6. The summed E-state index contributed by atoms with van der Waals surface area (Å²) in [5.74, 6) is 2.02. The SMILES string of the molecule is CC1(C)C=C[C@]2(C)CC[C@]3(C)[C@H](CC[C@@H]4[C@@]5(C)C=CC(=O)C(C)(O)C5CC[C@]43C)[C@H]2C1. The molecule has 2 nitrogen and oxygen atoms in total. The Balaban J connectivity index is 1.56. The molecule has 2 unspecified atom stereocenters. The Bertz CT molecular complexity index is 864. The van der Waals surface area contributed by atoms with Crippen LogP contribution < -0.4 is 0 Å². The quantitative estimate of drug-likeness (QED) is 0.438. The van der Waals surface area contributed by atoms with E-state index in [2.05, 4.69) is 59.8 Å². The molecule has 0 amide bonds. The van der Waals surface area contributed by atoms with Gasteiger partial charge in [0.05, 0.1) is 0 Å². The fourth-order valence-electron chi connectivity index (χ4n) is 9.90. The van der Waals surface area contributed by atoms with Gasteiger partial charge < -0.3 is 5.11 Å². The van der Waals surface area contributed by atoms with E-state index in [0.717, 1.165) is 24.7 Å². The van der Waals surface area contributed by atoms with Crippen LogP contribution >= 0.6 is 0 Å². The second kappa shape index (κ2) is 6.16. The third kappa shape index (κ3) is 2.63. The average molecular weight is 425 g/mol. The van der Waals surface area contributed by atoms with Crippen LogP contribution in [0.15, 0.2) is 24.3 Å². The summed E-state index contributed by atoms with van der Waals surface area (Å²) in [6.07, 6.45) is 17.6. The van der Waals surface area contributed by atoms with Gasteiger partial charge >= 0.3 is 0 Å². The number of aliphatic hydroxyl groups is 1. The lowest BCUT2D eigenvalue weighted by molar-refractivity contribution is -0.224. The van der Waals surface area contributed by atoms with Gasteiger partial charge in [0, 0.05) is 5.92 Å². The van der Waals surface area contributed by atoms with Gasteiger partial charge in [-0.05, 0) is 103 Å². The summed E-state index contributed by atoms with van der Waals surface area (Å²) in [5.41, 5.74) is -0.0678. The fraction of sp³-hybridized carbons (Fsp3) is 0.828. The van der Waals surface area contributed by atoms with E-state index in [0.29, 0.717) is 22.2 Å². The zero-order chi connectivity index (χ0) is 22.7. The van der Waals surface area contributed by atoms with Crippen LogP contribution in [0.5, 0.6) is 0 Å². The van der Waals surface area contributed by atoms with E-state index in [4.69, 9.17) is 0 Å². The second-order valence-corrected chi connectivity index (χ2v) is 14.0. The highest BCUT2D eigenvalue weighted by molar-refractivity contribution is 5.98. The van der Waals surface area contributed by atoms with E-state index in [-0.39, 0.29) is 22.5 Å². The van der Waals surface area contributed by atoms with Crippen LogP contribution in [-0.2, 0) is 4.79 Å². The molecule has 3 saturated carbocycles. The molecule has 0 radical (unpaired) electrons. The number of allylic oxidation sites excluding steroid dienone is 3. The maximum Gasteiger partial charge on any atom is 0.186 e. The van der Waals surface area contributed by atoms with Crippen LogP contribution in [0.4, 0.5) is 0 Å². The minimum Gasteiger partial charge on any atom is -0.382 e. The lowest BCUT2D eigenvalue weighted by Gasteiger charge is -2.72. The average Bonchev–Trinajstić information content (AvgIpc) is 2.67. The van der Waals surface area contributed by atoms with Crippen molar-refractivity contribution in [2.75, 3.05) is 0 Å². The Morgan fingerprint density at radius 2 is 1.48 bits per heavy atom. The molecule has 0 aliphatic heterocycles. The molecule has 1 N–H and O–H groups in total. The Morgan fingerprint density at radius 1 is 0.774 bits per heavy atom. The van der Waals surface area contributed by atoms with Crippen LogP contribution in [0.1, 0.15) is 93.4 Å². The number of rotatable bonds is 0. The van der Waals surface area contributed by atoms with Gasteiger partial charge in [0.1, 0.15) is 5.60 Å². The standard InChI is InChI=1S/C29H44O2/c1-24(2)14-15-25(3)16-17-27(5)19(20(25)18-24)8-9-21-26(4)12-11-23(30)29(7,31)22(26)10-13-28(21,27)6/h11-12,14-15,19-22,31H,8-10,13,16-18H2,1-7H3/t19-,20-,21-,22?,25-,26-,27-,28-,29?/m1/s1. The fourth-order valence-corrected chi connectivity index (χ4v) is 9.90. The van der Waals surface area contributed by atoms with Crippen molar-refractivity contribution in [1.29, 1.82) is 0 Å². The summed E-state index contributed by atoms with van der Waals surface area (Å²) >= 11 is 0. The van der Waals surface area contributed by atoms with Gasteiger partial charge in [0.15, 0.2) is 5.78 Å². The Kier molecular flexibility index (Phi) is 4.36. The first-order chi connectivity index (χ1) is 14.2. The molecule has 9 atom stereocenters. The summed E-state index contributed by atoms with van der Waals surface area (Å²) in [7, 11) is 0. The Hall–Kier alpha value is -0.890. The van der Waals surface area contributed by atoms with Gasteiger partial charge in [-0.1, -0.05) is 59.8 Å². The Labute approximate surface area is 190 Å². The van der Waals surface area contributed by atoms with E-state index >= 15 is 0 Å².